The van der Waals surface area contributed by atoms with Gasteiger partial charge in [-0.3, -0.25) is 0 Å². The molecule has 0 bridgehead atoms. The van der Waals surface area contributed by atoms with Gasteiger partial charge in [0.15, 0.2) is 0 Å². The van der Waals surface area contributed by atoms with Crippen LogP contribution in [0.1, 0.15) is 22.6 Å². The van der Waals surface area contributed by atoms with Crippen molar-refractivity contribution in [3.05, 3.63) is 101 Å². The summed E-state index contributed by atoms with van der Waals surface area (Å²) in [4.78, 5) is 12.4. The molecule has 7 heteroatoms. The van der Waals surface area contributed by atoms with Crippen molar-refractivity contribution >= 4 is 5.97 Å². The molecule has 0 saturated carbocycles. The fourth-order valence-electron chi connectivity index (χ4n) is 3.53. The maximum atomic E-state index is 13.8. The number of hydrogen-bond acceptors (Lipinski definition) is 6. The molecule has 1 aliphatic heterocycles. The number of aromatic hydroxyl groups is 1. The van der Waals surface area contributed by atoms with E-state index in [9.17, 15) is 14.3 Å². The summed E-state index contributed by atoms with van der Waals surface area (Å²) >= 11 is 0. The van der Waals surface area contributed by atoms with Crippen LogP contribution in [0.3, 0.4) is 0 Å². The lowest BCUT2D eigenvalue weighted by molar-refractivity contribution is -0.136. The minimum absolute atomic E-state index is 0.0173. The maximum absolute atomic E-state index is 13.8. The van der Waals surface area contributed by atoms with E-state index in [0.29, 0.717) is 22.6 Å². The molecular weight excluding hydrogens is 401 g/mol. The lowest BCUT2D eigenvalue weighted by atomic mass is 9.83. The second kappa shape index (κ2) is 8.39. The van der Waals surface area contributed by atoms with Gasteiger partial charge in [0, 0.05) is 17.2 Å². The van der Waals surface area contributed by atoms with Crippen LogP contribution in [0.4, 0.5) is 4.39 Å². The molecule has 0 aliphatic carbocycles. The van der Waals surface area contributed by atoms with Crippen molar-refractivity contribution in [2.24, 2.45) is 5.73 Å². The van der Waals surface area contributed by atoms with Crippen LogP contribution >= 0.6 is 0 Å². The number of hydrogen-bond donors (Lipinski definition) is 2. The molecule has 3 aromatic carbocycles. The van der Waals surface area contributed by atoms with Gasteiger partial charge >= 0.3 is 5.97 Å². The molecule has 6 nitrogen and oxygen atoms in total. The number of methoxy groups -OCH3 is 1. The molecule has 3 aromatic rings. The van der Waals surface area contributed by atoms with Crippen molar-refractivity contribution < 1.29 is 28.5 Å². The number of carbonyl (C=O) groups excluding carboxylic acids is 1. The third kappa shape index (κ3) is 4.02. The normalized spacial score (nSPS) is 15.1. The zero-order valence-electron chi connectivity index (χ0n) is 16.7. The van der Waals surface area contributed by atoms with E-state index in [1.807, 2.05) is 0 Å². The van der Waals surface area contributed by atoms with Crippen LogP contribution < -0.4 is 15.2 Å². The van der Waals surface area contributed by atoms with Gasteiger partial charge in [0.05, 0.1) is 13.0 Å². The van der Waals surface area contributed by atoms with E-state index < -0.39 is 11.9 Å². The first-order valence-electron chi connectivity index (χ1n) is 9.53. The Hall–Kier alpha value is -4.00. The highest BCUT2D eigenvalue weighted by molar-refractivity contribution is 5.92. The van der Waals surface area contributed by atoms with Crippen molar-refractivity contribution in [3.63, 3.8) is 0 Å². The zero-order valence-corrected chi connectivity index (χ0v) is 16.7. The summed E-state index contributed by atoms with van der Waals surface area (Å²) < 4.78 is 29.9. The quantitative estimate of drug-likeness (QED) is 0.606. The van der Waals surface area contributed by atoms with E-state index in [0.717, 1.165) is 5.56 Å². The van der Waals surface area contributed by atoms with Gasteiger partial charge in [-0.05, 0) is 29.8 Å². The topological polar surface area (TPSA) is 91.0 Å². The van der Waals surface area contributed by atoms with E-state index in [1.54, 1.807) is 48.5 Å². The molecule has 0 amide bonds. The predicted molar refractivity (Wildman–Crippen MR) is 111 cm³/mol. The summed E-state index contributed by atoms with van der Waals surface area (Å²) in [7, 11) is 1.27. The molecule has 0 fully saturated rings. The van der Waals surface area contributed by atoms with Crippen LogP contribution in [-0.4, -0.2) is 18.2 Å². The number of rotatable bonds is 5. The Balaban J connectivity index is 1.65. The Morgan fingerprint density at radius 2 is 1.87 bits per heavy atom. The van der Waals surface area contributed by atoms with E-state index in [2.05, 4.69) is 0 Å². The van der Waals surface area contributed by atoms with Gasteiger partial charge in [-0.15, -0.1) is 0 Å². The van der Waals surface area contributed by atoms with Crippen LogP contribution in [0, 0.1) is 5.82 Å². The molecule has 4 rings (SSSR count). The highest BCUT2D eigenvalue weighted by atomic mass is 19.1. The monoisotopic (exact) mass is 421 g/mol. The minimum atomic E-state index is -0.610. The summed E-state index contributed by atoms with van der Waals surface area (Å²) in [6.07, 6.45) is 0. The van der Waals surface area contributed by atoms with Crippen molar-refractivity contribution in [1.82, 2.24) is 0 Å². The Bertz CT molecular complexity index is 1160. The number of nitrogens with two attached hydrogens (primary N) is 1. The SMILES string of the molecule is COC(=O)C1=C(N)Oc2cc(O)ccc2[C@H]1c1ccc(OCc2ccccc2F)cc1. The van der Waals surface area contributed by atoms with Gasteiger partial charge in [-0.2, -0.15) is 0 Å². The third-order valence-electron chi connectivity index (χ3n) is 5.05. The highest BCUT2D eigenvalue weighted by Gasteiger charge is 2.35. The van der Waals surface area contributed by atoms with Gasteiger partial charge < -0.3 is 25.1 Å². The fourth-order valence-corrected chi connectivity index (χ4v) is 3.53. The molecule has 1 heterocycles. The fraction of sp³-hybridized carbons (Fsp3) is 0.125. The Morgan fingerprint density at radius 1 is 1.13 bits per heavy atom. The number of phenolic OH excluding ortho intramolecular Hbond substituents is 1. The predicted octanol–water partition coefficient (Wildman–Crippen LogP) is 3.98. The van der Waals surface area contributed by atoms with Crippen molar-refractivity contribution in [3.8, 4) is 17.2 Å². The Labute approximate surface area is 178 Å². The summed E-state index contributed by atoms with van der Waals surface area (Å²) in [5.74, 6) is -0.668. The second-order valence-electron chi connectivity index (χ2n) is 6.98. The highest BCUT2D eigenvalue weighted by Crippen LogP contribution is 2.44. The van der Waals surface area contributed by atoms with Gasteiger partial charge in [0.2, 0.25) is 5.88 Å². The van der Waals surface area contributed by atoms with Gasteiger partial charge in [-0.1, -0.05) is 36.4 Å². The summed E-state index contributed by atoms with van der Waals surface area (Å²) in [5.41, 5.74) is 8.05. The molecular formula is C24H20FNO5. The Morgan fingerprint density at radius 3 is 2.58 bits per heavy atom. The molecule has 0 aromatic heterocycles. The molecule has 0 radical (unpaired) electrons. The van der Waals surface area contributed by atoms with Crippen molar-refractivity contribution in [2.75, 3.05) is 7.11 Å². The number of halogens is 1. The standard InChI is InChI=1S/C24H20FNO5/c1-29-24(28)22-21(18-11-8-16(27)12-20(18)31-23(22)26)14-6-9-17(10-7-14)30-13-15-4-2-3-5-19(15)25/h2-12,21,27H,13,26H2,1H3/t21-/m1/s1. The number of carbonyl (C=O) groups is 1. The molecule has 3 N–H and O–H groups in total. The number of esters is 1. The van der Waals surface area contributed by atoms with Crippen LogP contribution in [0.15, 0.2) is 78.2 Å². The smallest absolute Gasteiger partial charge is 0.340 e. The Kier molecular flexibility index (Phi) is 5.49. The molecule has 0 unspecified atom stereocenters. The lowest BCUT2D eigenvalue weighted by Gasteiger charge is -2.28. The van der Waals surface area contributed by atoms with Gasteiger partial charge in [0.1, 0.15) is 35.2 Å². The van der Waals surface area contributed by atoms with Gasteiger partial charge in [0.25, 0.3) is 0 Å². The number of benzene rings is 3. The molecule has 0 saturated heterocycles. The zero-order chi connectivity index (χ0) is 22.0. The molecule has 1 aliphatic rings. The number of fused-ring (bicyclic) bond motifs is 1. The average Bonchev–Trinajstić information content (AvgIpc) is 2.77. The second-order valence-corrected chi connectivity index (χ2v) is 6.98. The van der Waals surface area contributed by atoms with Crippen LogP contribution in [0.2, 0.25) is 0 Å². The van der Waals surface area contributed by atoms with Gasteiger partial charge in [-0.25, -0.2) is 9.18 Å². The number of phenols is 1. The average molecular weight is 421 g/mol. The van der Waals surface area contributed by atoms with E-state index in [4.69, 9.17) is 19.9 Å². The number of ether oxygens (including phenoxy) is 3. The molecule has 31 heavy (non-hydrogen) atoms. The first kappa shape index (κ1) is 20.3. The van der Waals surface area contributed by atoms with Crippen molar-refractivity contribution in [2.45, 2.75) is 12.5 Å². The summed E-state index contributed by atoms with van der Waals surface area (Å²) in [5, 5.41) is 9.79. The maximum Gasteiger partial charge on any atom is 0.340 e. The molecule has 158 valence electrons. The summed E-state index contributed by atoms with van der Waals surface area (Å²) in [6, 6.07) is 18.1. The molecule has 0 spiro atoms. The third-order valence-corrected chi connectivity index (χ3v) is 5.05. The largest absolute Gasteiger partial charge is 0.508 e. The van der Waals surface area contributed by atoms with Crippen LogP contribution in [-0.2, 0) is 16.1 Å². The summed E-state index contributed by atoms with van der Waals surface area (Å²) in [6.45, 7) is 0.0889. The van der Waals surface area contributed by atoms with E-state index in [1.165, 1.54) is 25.3 Å². The van der Waals surface area contributed by atoms with E-state index in [-0.39, 0.29) is 29.6 Å². The van der Waals surface area contributed by atoms with E-state index >= 15 is 0 Å². The van der Waals surface area contributed by atoms with Crippen LogP contribution in [0.25, 0.3) is 0 Å². The lowest BCUT2D eigenvalue weighted by Crippen LogP contribution is -2.26. The van der Waals surface area contributed by atoms with Crippen molar-refractivity contribution in [1.29, 1.82) is 0 Å². The minimum Gasteiger partial charge on any atom is -0.508 e. The molecule has 1 atom stereocenters. The van der Waals surface area contributed by atoms with Crippen LogP contribution in [0.5, 0.6) is 17.2 Å². The first-order valence-corrected chi connectivity index (χ1v) is 9.53. The first-order chi connectivity index (χ1) is 15.0.